The van der Waals surface area contributed by atoms with Crippen LogP contribution in [0.5, 0.6) is 5.75 Å². The van der Waals surface area contributed by atoms with Gasteiger partial charge in [0.1, 0.15) is 11.3 Å². The minimum Gasteiger partial charge on any atom is -0.507 e. The zero-order valence-corrected chi connectivity index (χ0v) is 9.25. The first-order valence-corrected chi connectivity index (χ1v) is 5.19. The lowest BCUT2D eigenvalue weighted by atomic mass is 10.0. The molecule has 1 aromatic rings. The summed E-state index contributed by atoms with van der Waals surface area (Å²) in [7, 11) is 1.29. The number of esters is 1. The van der Waals surface area contributed by atoms with E-state index in [2.05, 4.69) is 4.74 Å². The number of carbonyl (C=O) groups is 1. The minimum absolute atomic E-state index is 0.0473. The van der Waals surface area contributed by atoms with Crippen molar-refractivity contribution in [3.05, 3.63) is 29.3 Å². The van der Waals surface area contributed by atoms with Crippen LogP contribution in [-0.4, -0.2) is 24.1 Å². The molecule has 0 aliphatic rings. The van der Waals surface area contributed by atoms with Crippen LogP contribution in [0.4, 0.5) is 0 Å². The Morgan fingerprint density at radius 2 is 2.27 bits per heavy atom. The average Bonchev–Trinajstić information content (AvgIpc) is 2.25. The molecule has 0 heterocycles. The lowest BCUT2D eigenvalue weighted by Crippen LogP contribution is -2.06. The predicted molar refractivity (Wildman–Crippen MR) is 58.5 cm³/mol. The molecule has 0 amide bonds. The van der Waals surface area contributed by atoms with Crippen LogP contribution in [0.15, 0.2) is 18.2 Å². The highest BCUT2D eigenvalue weighted by molar-refractivity contribution is 6.17. The van der Waals surface area contributed by atoms with Crippen molar-refractivity contribution in [1.82, 2.24) is 0 Å². The normalized spacial score (nSPS) is 10.0. The number of hydrogen-bond acceptors (Lipinski definition) is 3. The summed E-state index contributed by atoms with van der Waals surface area (Å²) >= 11 is 5.58. The average molecular weight is 229 g/mol. The number of halogens is 1. The molecule has 0 saturated heterocycles. The largest absolute Gasteiger partial charge is 0.507 e. The number of hydrogen-bond donors (Lipinski definition) is 1. The van der Waals surface area contributed by atoms with Crippen molar-refractivity contribution < 1.29 is 14.6 Å². The molecule has 0 unspecified atom stereocenters. The molecular weight excluding hydrogens is 216 g/mol. The fourth-order valence-electron chi connectivity index (χ4n) is 1.39. The van der Waals surface area contributed by atoms with E-state index in [1.54, 1.807) is 12.1 Å². The Kier molecular flexibility index (Phi) is 4.43. The molecule has 0 aliphatic heterocycles. The summed E-state index contributed by atoms with van der Waals surface area (Å²) in [6.45, 7) is 0. The van der Waals surface area contributed by atoms with E-state index in [0.717, 1.165) is 12.0 Å². The van der Waals surface area contributed by atoms with Crippen LogP contribution in [0.3, 0.4) is 0 Å². The van der Waals surface area contributed by atoms with Crippen LogP contribution in [0, 0.1) is 0 Å². The number of phenolic OH excluding ortho intramolecular Hbond substituents is 1. The van der Waals surface area contributed by atoms with Crippen LogP contribution in [0.25, 0.3) is 0 Å². The van der Waals surface area contributed by atoms with Gasteiger partial charge in [-0.25, -0.2) is 4.79 Å². The Labute approximate surface area is 93.6 Å². The van der Waals surface area contributed by atoms with E-state index in [1.165, 1.54) is 13.2 Å². The van der Waals surface area contributed by atoms with Crippen LogP contribution in [0.2, 0.25) is 0 Å². The van der Waals surface area contributed by atoms with Gasteiger partial charge in [-0.1, -0.05) is 12.1 Å². The van der Waals surface area contributed by atoms with Gasteiger partial charge in [0.25, 0.3) is 0 Å². The summed E-state index contributed by atoms with van der Waals surface area (Å²) < 4.78 is 4.61. The number of carbonyl (C=O) groups excluding carboxylic acids is 1. The predicted octanol–water partition coefficient (Wildman–Crippen LogP) is 2.35. The summed E-state index contributed by atoms with van der Waals surface area (Å²) in [6, 6.07) is 4.96. The van der Waals surface area contributed by atoms with Crippen molar-refractivity contribution >= 4 is 17.6 Å². The molecule has 15 heavy (non-hydrogen) atoms. The maximum Gasteiger partial charge on any atom is 0.341 e. The van der Waals surface area contributed by atoms with E-state index in [9.17, 15) is 9.90 Å². The Morgan fingerprint density at radius 3 is 2.87 bits per heavy atom. The quantitative estimate of drug-likeness (QED) is 0.636. The van der Waals surface area contributed by atoms with Gasteiger partial charge in [0.2, 0.25) is 0 Å². The van der Waals surface area contributed by atoms with E-state index >= 15 is 0 Å². The van der Waals surface area contributed by atoms with Crippen molar-refractivity contribution in [3.63, 3.8) is 0 Å². The highest BCUT2D eigenvalue weighted by atomic mass is 35.5. The second-order valence-corrected chi connectivity index (χ2v) is 3.47. The molecule has 1 aromatic carbocycles. The molecule has 4 heteroatoms. The lowest BCUT2D eigenvalue weighted by Gasteiger charge is -2.08. The molecule has 0 aromatic heterocycles. The van der Waals surface area contributed by atoms with E-state index < -0.39 is 5.97 Å². The SMILES string of the molecule is COC(=O)c1c(O)cccc1CCCCl. The highest BCUT2D eigenvalue weighted by Gasteiger charge is 2.15. The third-order valence-electron chi connectivity index (χ3n) is 2.10. The molecule has 0 aliphatic carbocycles. The molecule has 0 spiro atoms. The van der Waals surface area contributed by atoms with E-state index in [4.69, 9.17) is 11.6 Å². The number of phenols is 1. The Bertz CT molecular complexity index is 350. The Morgan fingerprint density at radius 1 is 1.53 bits per heavy atom. The maximum absolute atomic E-state index is 11.4. The first kappa shape index (κ1) is 11.9. The van der Waals surface area contributed by atoms with Gasteiger partial charge in [0, 0.05) is 5.88 Å². The van der Waals surface area contributed by atoms with Crippen LogP contribution in [-0.2, 0) is 11.2 Å². The fraction of sp³-hybridized carbons (Fsp3) is 0.364. The lowest BCUT2D eigenvalue weighted by molar-refractivity contribution is 0.0596. The van der Waals surface area contributed by atoms with Gasteiger partial charge in [-0.3, -0.25) is 0 Å². The molecule has 0 radical (unpaired) electrons. The number of ether oxygens (including phenoxy) is 1. The number of methoxy groups -OCH3 is 1. The molecule has 0 bridgehead atoms. The van der Waals surface area contributed by atoms with Gasteiger partial charge in [0.05, 0.1) is 7.11 Å². The molecule has 3 nitrogen and oxygen atoms in total. The number of alkyl halides is 1. The molecule has 1 rings (SSSR count). The van der Waals surface area contributed by atoms with E-state index in [1.807, 2.05) is 0 Å². The van der Waals surface area contributed by atoms with Crippen molar-refractivity contribution in [2.24, 2.45) is 0 Å². The smallest absolute Gasteiger partial charge is 0.341 e. The van der Waals surface area contributed by atoms with Crippen molar-refractivity contribution in [3.8, 4) is 5.75 Å². The maximum atomic E-state index is 11.4. The Balaban J connectivity index is 3.03. The van der Waals surface area contributed by atoms with Gasteiger partial charge >= 0.3 is 5.97 Å². The van der Waals surface area contributed by atoms with Gasteiger partial charge in [0.15, 0.2) is 0 Å². The number of rotatable bonds is 4. The minimum atomic E-state index is -0.516. The second-order valence-electron chi connectivity index (χ2n) is 3.10. The molecule has 0 fully saturated rings. The molecule has 0 atom stereocenters. The monoisotopic (exact) mass is 228 g/mol. The van der Waals surface area contributed by atoms with Gasteiger partial charge < -0.3 is 9.84 Å². The molecular formula is C11H13ClO3. The standard InChI is InChI=1S/C11H13ClO3/c1-15-11(14)10-8(5-3-7-12)4-2-6-9(10)13/h2,4,6,13H,3,5,7H2,1H3. The molecule has 1 N–H and O–H groups in total. The first-order chi connectivity index (χ1) is 7.20. The van der Waals surface area contributed by atoms with Gasteiger partial charge in [-0.15, -0.1) is 11.6 Å². The summed E-state index contributed by atoms with van der Waals surface area (Å²) in [4.78, 5) is 11.4. The highest BCUT2D eigenvalue weighted by Crippen LogP contribution is 2.23. The van der Waals surface area contributed by atoms with Gasteiger partial charge in [-0.2, -0.15) is 0 Å². The second kappa shape index (κ2) is 5.61. The zero-order valence-electron chi connectivity index (χ0n) is 8.50. The van der Waals surface area contributed by atoms with Crippen LogP contribution >= 0.6 is 11.6 Å². The summed E-state index contributed by atoms with van der Waals surface area (Å²) in [5, 5.41) is 9.56. The Hall–Kier alpha value is -1.22. The van der Waals surface area contributed by atoms with Crippen LogP contribution in [0.1, 0.15) is 22.3 Å². The number of aromatic hydroxyl groups is 1. The zero-order chi connectivity index (χ0) is 11.3. The van der Waals surface area contributed by atoms with Crippen molar-refractivity contribution in [1.29, 1.82) is 0 Å². The number of benzene rings is 1. The third-order valence-corrected chi connectivity index (χ3v) is 2.37. The van der Waals surface area contributed by atoms with E-state index in [0.29, 0.717) is 12.3 Å². The summed E-state index contributed by atoms with van der Waals surface area (Å²) in [6.07, 6.45) is 1.41. The fourth-order valence-corrected chi connectivity index (χ4v) is 1.52. The van der Waals surface area contributed by atoms with E-state index in [-0.39, 0.29) is 11.3 Å². The summed E-state index contributed by atoms with van der Waals surface area (Å²) in [5.41, 5.74) is 1.01. The molecule has 0 saturated carbocycles. The summed E-state index contributed by atoms with van der Waals surface area (Å²) in [5.74, 6) is -0.0393. The molecule has 82 valence electrons. The van der Waals surface area contributed by atoms with Crippen LogP contribution < -0.4 is 0 Å². The topological polar surface area (TPSA) is 46.5 Å². The van der Waals surface area contributed by atoms with Gasteiger partial charge in [-0.05, 0) is 24.5 Å². The first-order valence-electron chi connectivity index (χ1n) is 4.65. The van der Waals surface area contributed by atoms with Crippen molar-refractivity contribution in [2.75, 3.05) is 13.0 Å². The van der Waals surface area contributed by atoms with Crippen molar-refractivity contribution in [2.45, 2.75) is 12.8 Å². The number of aryl methyl sites for hydroxylation is 1. The third kappa shape index (κ3) is 2.86.